The zero-order valence-electron chi connectivity index (χ0n) is 13.6. The number of nitrogens with zero attached hydrogens (tertiary/aromatic N) is 1. The van der Waals surface area contributed by atoms with E-state index in [0.29, 0.717) is 37.9 Å². The summed E-state index contributed by atoms with van der Waals surface area (Å²) in [5.41, 5.74) is 0.570. The van der Waals surface area contributed by atoms with Gasteiger partial charge >= 0.3 is 5.97 Å². The quantitative estimate of drug-likeness (QED) is 0.802. The number of hydrogen-bond acceptors (Lipinski definition) is 4. The van der Waals surface area contributed by atoms with Crippen molar-refractivity contribution in [2.24, 2.45) is 0 Å². The number of carboxylic acid groups (broad SMARTS) is 1. The number of amides is 1. The number of carboxylic acids is 1. The summed E-state index contributed by atoms with van der Waals surface area (Å²) < 4.78 is 26.3. The van der Waals surface area contributed by atoms with Crippen molar-refractivity contribution in [3.63, 3.8) is 0 Å². The Morgan fingerprint density at radius 1 is 1.17 bits per heavy atom. The molecule has 1 amide bonds. The van der Waals surface area contributed by atoms with Crippen LogP contribution in [0.5, 0.6) is 0 Å². The van der Waals surface area contributed by atoms with Crippen molar-refractivity contribution in [3.8, 4) is 0 Å². The van der Waals surface area contributed by atoms with Gasteiger partial charge in [0.1, 0.15) is 0 Å². The molecular weight excluding hydrogens is 332 g/mol. The fourth-order valence-electron chi connectivity index (χ4n) is 2.72. The van der Waals surface area contributed by atoms with E-state index in [2.05, 4.69) is 4.72 Å². The van der Waals surface area contributed by atoms with Crippen molar-refractivity contribution < 1.29 is 23.1 Å². The SMILES string of the molecule is CCCS(=O)(=O)NC1CCN(C(=O)c2ccc(C(=O)O)cc2)CC1. The molecule has 0 spiro atoms. The maximum atomic E-state index is 12.4. The van der Waals surface area contributed by atoms with Gasteiger partial charge in [0.25, 0.3) is 5.91 Å². The van der Waals surface area contributed by atoms with Gasteiger partial charge in [0.15, 0.2) is 0 Å². The van der Waals surface area contributed by atoms with Crippen molar-refractivity contribution in [1.82, 2.24) is 9.62 Å². The Balaban J connectivity index is 1.92. The lowest BCUT2D eigenvalue weighted by Gasteiger charge is -2.32. The number of benzene rings is 1. The van der Waals surface area contributed by atoms with Crippen LogP contribution in [0.15, 0.2) is 24.3 Å². The zero-order chi connectivity index (χ0) is 17.7. The van der Waals surface area contributed by atoms with Gasteiger partial charge < -0.3 is 10.0 Å². The number of carbonyl (C=O) groups excluding carboxylic acids is 1. The molecule has 0 atom stereocenters. The number of nitrogens with one attached hydrogen (secondary N) is 1. The van der Waals surface area contributed by atoms with E-state index in [1.807, 2.05) is 6.92 Å². The molecule has 132 valence electrons. The van der Waals surface area contributed by atoms with Crippen molar-refractivity contribution >= 4 is 21.9 Å². The van der Waals surface area contributed by atoms with Crippen LogP contribution in [-0.2, 0) is 10.0 Å². The molecule has 1 aromatic carbocycles. The Kier molecular flexibility index (Phi) is 5.95. The van der Waals surface area contributed by atoms with Crippen LogP contribution in [0.1, 0.15) is 46.9 Å². The predicted octanol–water partition coefficient (Wildman–Crippen LogP) is 1.32. The van der Waals surface area contributed by atoms with E-state index in [1.165, 1.54) is 24.3 Å². The Labute approximate surface area is 141 Å². The Bertz CT molecular complexity index is 692. The highest BCUT2D eigenvalue weighted by Crippen LogP contribution is 2.15. The van der Waals surface area contributed by atoms with E-state index in [4.69, 9.17) is 5.11 Å². The summed E-state index contributed by atoms with van der Waals surface area (Å²) in [4.78, 5) is 24.9. The molecule has 2 N–H and O–H groups in total. The van der Waals surface area contributed by atoms with E-state index in [1.54, 1.807) is 4.90 Å². The van der Waals surface area contributed by atoms with Gasteiger partial charge in [-0.2, -0.15) is 0 Å². The minimum Gasteiger partial charge on any atom is -0.478 e. The van der Waals surface area contributed by atoms with E-state index in [9.17, 15) is 18.0 Å². The lowest BCUT2D eigenvalue weighted by atomic mass is 10.0. The molecule has 0 bridgehead atoms. The molecule has 24 heavy (non-hydrogen) atoms. The third-order valence-corrected chi connectivity index (χ3v) is 5.62. The fraction of sp³-hybridized carbons (Fsp3) is 0.500. The minimum absolute atomic E-state index is 0.113. The van der Waals surface area contributed by atoms with Crippen LogP contribution >= 0.6 is 0 Å². The van der Waals surface area contributed by atoms with Gasteiger partial charge in [-0.05, 0) is 43.5 Å². The van der Waals surface area contributed by atoms with Crippen LogP contribution in [-0.4, -0.2) is 55.2 Å². The first-order valence-electron chi connectivity index (χ1n) is 7.95. The lowest BCUT2D eigenvalue weighted by Crippen LogP contribution is -2.46. The van der Waals surface area contributed by atoms with E-state index < -0.39 is 16.0 Å². The van der Waals surface area contributed by atoms with Crippen molar-refractivity contribution in [1.29, 1.82) is 0 Å². The van der Waals surface area contributed by atoms with Gasteiger partial charge in [-0.25, -0.2) is 17.9 Å². The molecule has 0 unspecified atom stereocenters. The second kappa shape index (κ2) is 7.76. The molecule has 7 nitrogen and oxygen atoms in total. The second-order valence-corrected chi connectivity index (χ2v) is 7.76. The van der Waals surface area contributed by atoms with Crippen molar-refractivity contribution in [3.05, 3.63) is 35.4 Å². The second-order valence-electron chi connectivity index (χ2n) is 5.89. The average molecular weight is 354 g/mol. The lowest BCUT2D eigenvalue weighted by molar-refractivity contribution is 0.0688. The highest BCUT2D eigenvalue weighted by molar-refractivity contribution is 7.89. The highest BCUT2D eigenvalue weighted by atomic mass is 32.2. The van der Waals surface area contributed by atoms with Crippen LogP contribution < -0.4 is 4.72 Å². The standard InChI is InChI=1S/C16H22N2O5S/c1-2-11-24(22,23)17-14-7-9-18(10-8-14)15(19)12-3-5-13(6-4-12)16(20)21/h3-6,14,17H,2,7-11H2,1H3,(H,20,21). The molecule has 1 aliphatic rings. The molecule has 8 heteroatoms. The van der Waals surface area contributed by atoms with Gasteiger partial charge in [0.05, 0.1) is 11.3 Å². The number of aromatic carboxylic acids is 1. The summed E-state index contributed by atoms with van der Waals surface area (Å²) in [6.07, 6.45) is 1.71. The third-order valence-electron chi connectivity index (χ3n) is 3.98. The maximum absolute atomic E-state index is 12.4. The van der Waals surface area contributed by atoms with Crippen LogP contribution in [0.3, 0.4) is 0 Å². The molecule has 0 radical (unpaired) electrons. The molecule has 1 aliphatic heterocycles. The number of piperidine rings is 1. The largest absolute Gasteiger partial charge is 0.478 e. The summed E-state index contributed by atoms with van der Waals surface area (Å²) in [5.74, 6) is -1.09. The number of likely N-dealkylation sites (tertiary alicyclic amines) is 1. The molecule has 0 aliphatic carbocycles. The molecule has 0 aromatic heterocycles. The number of rotatable bonds is 6. The van der Waals surface area contributed by atoms with Crippen molar-refractivity contribution in [2.45, 2.75) is 32.2 Å². The molecule has 1 saturated heterocycles. The Morgan fingerprint density at radius 2 is 1.71 bits per heavy atom. The molecule has 1 heterocycles. The van der Waals surface area contributed by atoms with Gasteiger partial charge in [-0.15, -0.1) is 0 Å². The highest BCUT2D eigenvalue weighted by Gasteiger charge is 2.26. The maximum Gasteiger partial charge on any atom is 0.335 e. The predicted molar refractivity (Wildman–Crippen MR) is 89.5 cm³/mol. The first-order valence-corrected chi connectivity index (χ1v) is 9.60. The Morgan fingerprint density at radius 3 is 2.21 bits per heavy atom. The Hall–Kier alpha value is -1.93. The van der Waals surface area contributed by atoms with E-state index in [-0.39, 0.29) is 23.3 Å². The van der Waals surface area contributed by atoms with Gasteiger partial charge in [-0.1, -0.05) is 6.92 Å². The van der Waals surface area contributed by atoms with Gasteiger partial charge in [0, 0.05) is 24.7 Å². The first-order chi connectivity index (χ1) is 11.3. The summed E-state index contributed by atoms with van der Waals surface area (Å²) >= 11 is 0. The van der Waals surface area contributed by atoms with Crippen LogP contribution in [0.25, 0.3) is 0 Å². The minimum atomic E-state index is -3.24. The summed E-state index contributed by atoms with van der Waals surface area (Å²) in [6.45, 7) is 2.76. The molecule has 1 fully saturated rings. The summed E-state index contributed by atoms with van der Waals surface area (Å²) in [5, 5.41) is 8.87. The smallest absolute Gasteiger partial charge is 0.335 e. The third kappa shape index (κ3) is 4.78. The summed E-state index contributed by atoms with van der Waals surface area (Å²) in [6, 6.07) is 5.67. The normalized spacial score (nSPS) is 16.1. The monoisotopic (exact) mass is 354 g/mol. The number of sulfonamides is 1. The number of hydrogen-bond donors (Lipinski definition) is 2. The van der Waals surface area contributed by atoms with Gasteiger partial charge in [-0.3, -0.25) is 4.79 Å². The van der Waals surface area contributed by atoms with E-state index in [0.717, 1.165) is 0 Å². The van der Waals surface area contributed by atoms with Crippen LogP contribution in [0.4, 0.5) is 0 Å². The molecule has 2 rings (SSSR count). The van der Waals surface area contributed by atoms with Crippen molar-refractivity contribution in [2.75, 3.05) is 18.8 Å². The topological polar surface area (TPSA) is 104 Å². The van der Waals surface area contributed by atoms with E-state index >= 15 is 0 Å². The average Bonchev–Trinajstić information content (AvgIpc) is 2.54. The zero-order valence-corrected chi connectivity index (χ0v) is 14.4. The fourth-order valence-corrected chi connectivity index (χ4v) is 4.12. The van der Waals surface area contributed by atoms with Gasteiger partial charge in [0.2, 0.25) is 10.0 Å². The molecule has 1 aromatic rings. The van der Waals surface area contributed by atoms with Crippen LogP contribution in [0, 0.1) is 0 Å². The molecule has 0 saturated carbocycles. The first kappa shape index (κ1) is 18.4. The summed E-state index contributed by atoms with van der Waals surface area (Å²) in [7, 11) is -3.24. The molecular formula is C16H22N2O5S. The number of carbonyl (C=O) groups is 2. The van der Waals surface area contributed by atoms with Crippen LogP contribution in [0.2, 0.25) is 0 Å².